The van der Waals surface area contributed by atoms with Crippen LogP contribution in [0.3, 0.4) is 0 Å². The highest BCUT2D eigenvalue weighted by Crippen LogP contribution is 2.05. The molecule has 0 bridgehead atoms. The molecule has 0 spiro atoms. The maximum atomic E-state index is 11.5. The Morgan fingerprint density at radius 2 is 2.24 bits per heavy atom. The molecule has 6 heteroatoms. The first-order valence-electron chi connectivity index (χ1n) is 6.08. The normalized spacial score (nSPS) is 11.6. The van der Waals surface area contributed by atoms with Gasteiger partial charge in [0.25, 0.3) is 0 Å². The molecule has 0 aliphatic rings. The number of carbonyl (C=O) groups is 1. The van der Waals surface area contributed by atoms with Crippen LogP contribution in [0.15, 0.2) is 5.11 Å². The van der Waals surface area contributed by atoms with Crippen molar-refractivity contribution in [3.63, 3.8) is 0 Å². The summed E-state index contributed by atoms with van der Waals surface area (Å²) in [5, 5.41) is 6.56. The van der Waals surface area contributed by atoms with Gasteiger partial charge in [0.2, 0.25) is 0 Å². The number of azide groups is 1. The topological polar surface area (TPSA) is 87.1 Å². The fourth-order valence-electron chi connectivity index (χ4n) is 1.51. The molecular formula is C11H22N4O2. The molecule has 0 saturated heterocycles. The molecule has 0 aliphatic carbocycles. The van der Waals surface area contributed by atoms with Crippen molar-refractivity contribution >= 4 is 5.97 Å². The van der Waals surface area contributed by atoms with Crippen LogP contribution in [-0.4, -0.2) is 32.2 Å². The highest BCUT2D eigenvalue weighted by molar-refractivity contribution is 5.75. The fraction of sp³-hybridized carbons (Fsp3) is 0.909. The van der Waals surface area contributed by atoms with Crippen molar-refractivity contribution in [2.45, 2.75) is 45.1 Å². The number of methoxy groups -OCH3 is 1. The van der Waals surface area contributed by atoms with Crippen LogP contribution in [0.25, 0.3) is 10.4 Å². The van der Waals surface area contributed by atoms with Crippen LogP contribution in [0.1, 0.15) is 39.0 Å². The summed E-state index contributed by atoms with van der Waals surface area (Å²) < 4.78 is 4.74. The molecule has 17 heavy (non-hydrogen) atoms. The van der Waals surface area contributed by atoms with Crippen LogP contribution in [0.4, 0.5) is 0 Å². The predicted molar refractivity (Wildman–Crippen MR) is 66.6 cm³/mol. The number of nitrogens with zero attached hydrogens (tertiary/aromatic N) is 3. The number of hydrogen-bond donors (Lipinski definition) is 1. The maximum Gasteiger partial charge on any atom is 0.322 e. The Hall–Kier alpha value is -1.26. The lowest BCUT2D eigenvalue weighted by Crippen LogP contribution is -2.38. The van der Waals surface area contributed by atoms with E-state index in [4.69, 9.17) is 10.3 Å². The zero-order valence-electron chi connectivity index (χ0n) is 10.7. The van der Waals surface area contributed by atoms with E-state index in [2.05, 4.69) is 22.3 Å². The Morgan fingerprint density at radius 3 is 2.82 bits per heavy atom. The Bertz CT molecular complexity index is 252. The Morgan fingerprint density at radius 1 is 1.47 bits per heavy atom. The van der Waals surface area contributed by atoms with Gasteiger partial charge in [0.1, 0.15) is 6.04 Å². The Labute approximate surface area is 102 Å². The van der Waals surface area contributed by atoms with Crippen LogP contribution in [0.5, 0.6) is 0 Å². The first kappa shape index (κ1) is 15.7. The maximum absolute atomic E-state index is 11.5. The summed E-state index contributed by atoms with van der Waals surface area (Å²) in [5.41, 5.74) is 8.11. The zero-order valence-corrected chi connectivity index (χ0v) is 10.7. The van der Waals surface area contributed by atoms with Gasteiger partial charge >= 0.3 is 5.97 Å². The third kappa shape index (κ3) is 8.54. The van der Waals surface area contributed by atoms with Crippen LogP contribution >= 0.6 is 0 Å². The minimum Gasteiger partial charge on any atom is -0.468 e. The number of nitrogens with one attached hydrogen (secondary N) is 1. The van der Waals surface area contributed by atoms with Gasteiger partial charge in [0.05, 0.1) is 7.11 Å². The summed E-state index contributed by atoms with van der Waals surface area (Å²) in [5.74, 6) is -0.218. The van der Waals surface area contributed by atoms with E-state index in [9.17, 15) is 4.79 Å². The second-order valence-electron chi connectivity index (χ2n) is 3.83. The molecule has 0 radical (unpaired) electrons. The molecule has 0 aromatic heterocycles. The largest absolute Gasteiger partial charge is 0.468 e. The SMILES string of the molecule is CCCCCC(NCCCN=[N+]=[N-])C(=O)OC. The molecular weight excluding hydrogens is 220 g/mol. The Balaban J connectivity index is 3.84. The van der Waals surface area contributed by atoms with Gasteiger partial charge in [-0.3, -0.25) is 4.79 Å². The first-order chi connectivity index (χ1) is 8.26. The minimum absolute atomic E-state index is 0.218. The van der Waals surface area contributed by atoms with E-state index in [1.165, 1.54) is 7.11 Å². The molecule has 98 valence electrons. The molecule has 0 aromatic carbocycles. The standard InChI is InChI=1S/C11H22N4O2/c1-3-4-5-7-10(11(16)17-2)13-8-6-9-14-15-12/h10,13H,3-9H2,1-2H3. The smallest absolute Gasteiger partial charge is 0.322 e. The first-order valence-corrected chi connectivity index (χ1v) is 6.08. The van der Waals surface area contributed by atoms with E-state index in [-0.39, 0.29) is 12.0 Å². The molecule has 0 rings (SSSR count). The molecule has 0 heterocycles. The van der Waals surface area contributed by atoms with Crippen molar-refractivity contribution < 1.29 is 9.53 Å². The lowest BCUT2D eigenvalue weighted by atomic mass is 10.1. The minimum atomic E-state index is -0.238. The number of ether oxygens (including phenoxy) is 1. The quantitative estimate of drug-likeness (QED) is 0.210. The van der Waals surface area contributed by atoms with E-state index in [0.717, 1.165) is 32.1 Å². The highest BCUT2D eigenvalue weighted by atomic mass is 16.5. The van der Waals surface area contributed by atoms with Crippen molar-refractivity contribution in [1.82, 2.24) is 5.32 Å². The summed E-state index contributed by atoms with van der Waals surface area (Å²) in [6.07, 6.45) is 4.78. The second-order valence-corrected chi connectivity index (χ2v) is 3.83. The van der Waals surface area contributed by atoms with Gasteiger partial charge < -0.3 is 10.1 Å². The molecule has 0 saturated carbocycles. The molecule has 1 unspecified atom stereocenters. The lowest BCUT2D eigenvalue weighted by Gasteiger charge is -2.15. The van der Waals surface area contributed by atoms with Gasteiger partial charge in [-0.1, -0.05) is 31.3 Å². The van der Waals surface area contributed by atoms with Crippen molar-refractivity contribution in [3.8, 4) is 0 Å². The summed E-state index contributed by atoms with van der Waals surface area (Å²) in [6.45, 7) is 3.23. The van der Waals surface area contributed by atoms with Crippen LogP contribution < -0.4 is 5.32 Å². The van der Waals surface area contributed by atoms with Crippen molar-refractivity contribution in [2.24, 2.45) is 5.11 Å². The molecule has 6 nitrogen and oxygen atoms in total. The Kier molecular flexibility index (Phi) is 10.4. The van der Waals surface area contributed by atoms with Gasteiger partial charge in [0, 0.05) is 11.5 Å². The number of rotatable bonds is 10. The molecule has 0 aliphatic heterocycles. The summed E-state index contributed by atoms with van der Waals surface area (Å²) in [6, 6.07) is -0.238. The summed E-state index contributed by atoms with van der Waals surface area (Å²) in [4.78, 5) is 14.1. The number of unbranched alkanes of at least 4 members (excludes halogenated alkanes) is 2. The highest BCUT2D eigenvalue weighted by Gasteiger charge is 2.17. The third-order valence-electron chi connectivity index (χ3n) is 2.47. The summed E-state index contributed by atoms with van der Waals surface area (Å²) >= 11 is 0. The molecule has 0 aromatic rings. The van der Waals surface area contributed by atoms with Crippen LogP contribution in [-0.2, 0) is 9.53 Å². The van der Waals surface area contributed by atoms with Gasteiger partial charge in [-0.05, 0) is 24.9 Å². The second kappa shape index (κ2) is 11.2. The summed E-state index contributed by atoms with van der Waals surface area (Å²) in [7, 11) is 1.40. The van der Waals surface area contributed by atoms with Gasteiger partial charge in [0.15, 0.2) is 0 Å². The average Bonchev–Trinajstić information content (AvgIpc) is 2.35. The third-order valence-corrected chi connectivity index (χ3v) is 2.47. The average molecular weight is 242 g/mol. The van der Waals surface area contributed by atoms with Gasteiger partial charge in [-0.2, -0.15) is 0 Å². The van der Waals surface area contributed by atoms with Gasteiger partial charge in [-0.15, -0.1) is 0 Å². The molecule has 1 atom stereocenters. The zero-order chi connectivity index (χ0) is 12.9. The van der Waals surface area contributed by atoms with Crippen molar-refractivity contribution in [2.75, 3.05) is 20.2 Å². The van der Waals surface area contributed by atoms with E-state index < -0.39 is 0 Å². The van der Waals surface area contributed by atoms with Gasteiger partial charge in [-0.25, -0.2) is 0 Å². The molecule has 1 N–H and O–H groups in total. The van der Waals surface area contributed by atoms with E-state index in [1.807, 2.05) is 0 Å². The van der Waals surface area contributed by atoms with E-state index in [0.29, 0.717) is 13.1 Å². The van der Waals surface area contributed by atoms with Crippen molar-refractivity contribution in [1.29, 1.82) is 0 Å². The van der Waals surface area contributed by atoms with E-state index in [1.54, 1.807) is 0 Å². The lowest BCUT2D eigenvalue weighted by molar-refractivity contribution is -0.143. The number of carbonyl (C=O) groups excluding carboxylic acids is 1. The fourth-order valence-corrected chi connectivity index (χ4v) is 1.51. The molecule has 0 amide bonds. The number of esters is 1. The van der Waals surface area contributed by atoms with Crippen LogP contribution in [0.2, 0.25) is 0 Å². The van der Waals surface area contributed by atoms with E-state index >= 15 is 0 Å². The van der Waals surface area contributed by atoms with Crippen molar-refractivity contribution in [3.05, 3.63) is 10.4 Å². The van der Waals surface area contributed by atoms with Crippen LogP contribution in [0, 0.1) is 0 Å². The molecule has 0 fully saturated rings. The predicted octanol–water partition coefficient (Wildman–Crippen LogP) is 2.40. The number of hydrogen-bond acceptors (Lipinski definition) is 4. The monoisotopic (exact) mass is 242 g/mol.